The number of carbonyl (C=O) groups excluding carboxylic acids is 12. The van der Waals surface area contributed by atoms with Gasteiger partial charge in [0.15, 0.2) is 11.9 Å². The molecule has 2 aromatic carbocycles. The molecule has 12 amide bonds. The molecule has 3 aliphatic rings. The second-order valence-electron chi connectivity index (χ2n) is 22.5. The molecule has 2 bridgehead atoms. The molecule has 0 spiro atoms. The fraction of sp³-hybridized carbons (Fsp3) is 0.500. The van der Waals surface area contributed by atoms with Crippen molar-refractivity contribution in [2.45, 2.75) is 124 Å². The Labute approximate surface area is 571 Å². The average molecular weight is 1430 g/mol. The van der Waals surface area contributed by atoms with Gasteiger partial charge in [0, 0.05) is 72.6 Å². The van der Waals surface area contributed by atoms with E-state index in [1.54, 1.807) is 60.8 Å². The van der Waals surface area contributed by atoms with E-state index in [9.17, 15) is 63.0 Å². The average Bonchev–Trinajstić information content (AvgIpc) is 1.74. The van der Waals surface area contributed by atoms with Crippen molar-refractivity contribution in [2.75, 3.05) is 55.8 Å². The number of carboxylic acid groups (broad SMARTS) is 1. The monoisotopic (exact) mass is 1430 g/mol. The van der Waals surface area contributed by atoms with E-state index in [0.29, 0.717) is 22.0 Å². The summed E-state index contributed by atoms with van der Waals surface area (Å²) in [6.07, 6.45) is -0.0736. The van der Waals surface area contributed by atoms with Gasteiger partial charge in [0.1, 0.15) is 66.5 Å². The normalized spacial score (nSPS) is 25.2. The Hall–Kier alpha value is -9.05. The van der Waals surface area contributed by atoms with Crippen LogP contribution in [0.4, 0.5) is 0 Å². The molecule has 11 atom stereocenters. The summed E-state index contributed by atoms with van der Waals surface area (Å²) < 4.78 is 0. The van der Waals surface area contributed by atoms with Crippen LogP contribution >= 0.6 is 43.2 Å². The highest BCUT2D eigenvalue weighted by Crippen LogP contribution is 2.27. The number of guanidine groups is 2. The maximum absolute atomic E-state index is 15.3. The maximum atomic E-state index is 15.3. The van der Waals surface area contributed by atoms with Crippen LogP contribution in [0.25, 0.3) is 10.9 Å². The molecule has 39 heteroatoms. The van der Waals surface area contributed by atoms with Crippen LogP contribution in [0, 0.1) is 0 Å². The molecule has 0 aliphatic carbocycles. The van der Waals surface area contributed by atoms with E-state index in [1.807, 2.05) is 0 Å². The number of hydrogen-bond donors (Lipinski definition) is 19. The zero-order chi connectivity index (χ0) is 70.7. The first-order valence-corrected chi connectivity index (χ1v) is 35.7. The number of hydrogen-bond acceptors (Lipinski definition) is 21. The van der Waals surface area contributed by atoms with Crippen LogP contribution in [0.1, 0.15) is 56.1 Å². The molecule has 1 aromatic heterocycles. The topological polar surface area (TPSA) is 583 Å². The van der Waals surface area contributed by atoms with Gasteiger partial charge in [-0.15, -0.1) is 0 Å². The van der Waals surface area contributed by atoms with Gasteiger partial charge in [0.05, 0.1) is 19.6 Å². The Kier molecular flexibility index (Phi) is 30.6. The standard InChI is InChI=1S/C58H82N20O15S4/c59-22-44(80)68-40-26-95-97-27-41-53(90)72-36(20-30-23-67-32-12-5-4-11-31(30)32)50(87)69-33(13-6-16-65-57(61)62)47(84)71-35(19-29-9-2-1-3-10-29)49(86)75-39(46(60)83)25-94-96-28-42(77-52(40)89)54(91)74-38(24-79)51(88)73-37(21-45(81)82)56(93)78-18-8-15-43(78)55(92)70-34(48(85)76-41)14-7-17-66-58(63)64/h1-5,9-12,23,33-43,67,79H,6-8,13-22,24-28,59H2,(H2,60,83)(H,68,80)(H,69,87)(H,70,92)(H,71,84)(H,72,90)(H,73,88)(H,74,91)(H,75,86)(H,76,85)(H,77,89)(H,81,82)(H4,61,62,65)(H4,63,64,66)/t33-,34-,35-,36-,37-,38-,39-,40-,41-,42-,43-/m0/s1. The van der Waals surface area contributed by atoms with Crippen molar-refractivity contribution >= 4 is 143 Å². The quantitative estimate of drug-likeness (QED) is 0.0244. The van der Waals surface area contributed by atoms with Crippen LogP contribution in [0.5, 0.6) is 0 Å². The lowest BCUT2D eigenvalue weighted by atomic mass is 10.0. The van der Waals surface area contributed by atoms with Gasteiger partial charge >= 0.3 is 5.97 Å². The Balaban J connectivity index is 1.53. The molecule has 97 heavy (non-hydrogen) atoms. The smallest absolute Gasteiger partial charge is 0.305 e. The summed E-state index contributed by atoms with van der Waals surface area (Å²) in [6.45, 7) is -2.05. The molecule has 0 saturated carbocycles. The Morgan fingerprint density at radius 2 is 1.07 bits per heavy atom. The van der Waals surface area contributed by atoms with Crippen LogP contribution in [-0.4, -0.2) is 231 Å². The number of carboxylic acids is 1. The number of aliphatic hydroxyl groups is 1. The summed E-state index contributed by atoms with van der Waals surface area (Å²) in [5, 5.41) is 46.9. The van der Waals surface area contributed by atoms with Gasteiger partial charge in [-0.2, -0.15) is 0 Å². The number of aliphatic imine (C=N–C) groups is 2. The highest BCUT2D eigenvalue weighted by atomic mass is 33.1. The molecule has 4 heterocycles. The Bertz CT molecular complexity index is 3380. The molecule has 0 radical (unpaired) electrons. The third-order valence-corrected chi connectivity index (χ3v) is 20.2. The van der Waals surface area contributed by atoms with Gasteiger partial charge in [-0.1, -0.05) is 91.7 Å². The number of aliphatic hydroxyl groups excluding tert-OH is 1. The lowest BCUT2D eigenvalue weighted by Crippen LogP contribution is -2.61. The second-order valence-corrected chi connectivity index (χ2v) is 27.6. The van der Waals surface area contributed by atoms with Crippen LogP contribution < -0.4 is 87.6 Å². The molecule has 3 saturated heterocycles. The number of carbonyl (C=O) groups is 13. The molecule has 3 aliphatic heterocycles. The number of rotatable bonds is 18. The van der Waals surface area contributed by atoms with Crippen molar-refractivity contribution in [3.63, 3.8) is 0 Å². The fourth-order valence-corrected chi connectivity index (χ4v) is 15.0. The highest BCUT2D eigenvalue weighted by molar-refractivity contribution is 8.77. The molecule has 0 unspecified atom stereocenters. The number of amides is 12. The van der Waals surface area contributed by atoms with E-state index in [-0.39, 0.29) is 94.4 Å². The molecule has 3 fully saturated rings. The Morgan fingerprint density at radius 3 is 1.68 bits per heavy atom. The summed E-state index contributed by atoms with van der Waals surface area (Å²) in [4.78, 5) is 197. The molecule has 25 N–H and O–H groups in total. The number of nitrogens with one attached hydrogen (secondary N) is 11. The number of fused-ring (bicyclic) bond motifs is 10. The summed E-state index contributed by atoms with van der Waals surface area (Å²) >= 11 is 0. The van der Waals surface area contributed by atoms with Gasteiger partial charge in [-0.05, 0) is 55.7 Å². The van der Waals surface area contributed by atoms with E-state index in [0.717, 1.165) is 48.1 Å². The number of para-hydroxylation sites is 1. The van der Waals surface area contributed by atoms with Gasteiger partial charge in [-0.25, -0.2) is 0 Å². The van der Waals surface area contributed by atoms with Crippen molar-refractivity contribution in [3.8, 4) is 0 Å². The summed E-state index contributed by atoms with van der Waals surface area (Å²) in [7, 11) is 3.48. The number of nitrogens with zero attached hydrogens (tertiary/aromatic N) is 3. The van der Waals surface area contributed by atoms with E-state index < -0.39 is 174 Å². The molecule has 6 rings (SSSR count). The SMILES string of the molecule is NCC(=O)N[C@H]1CSSC[C@@H]2NC(=O)[C@H](CCCN=C(N)N)NC(=O)[C@@H]3CCCN3C(=O)[C@H](CC(=O)O)NC(=O)[C@H](CO)NC(=O)[C@H](CSSC[C@@H](C(N)=O)NC(=O)[C@H](Cc3ccccc3)NC(=O)[C@H](CCCN=C(N)N)NC(=O)[C@H](Cc3c[nH]c4ccccc34)NC2=O)NC1=O. The molecular formula is C58H82N20O15S4. The first kappa shape index (κ1) is 77.0. The number of aromatic amines is 1. The predicted molar refractivity (Wildman–Crippen MR) is 363 cm³/mol. The maximum Gasteiger partial charge on any atom is 0.305 e. The van der Waals surface area contributed by atoms with Crippen molar-refractivity contribution in [3.05, 3.63) is 71.9 Å². The predicted octanol–water partition coefficient (Wildman–Crippen LogP) is -6.40. The first-order valence-electron chi connectivity index (χ1n) is 30.7. The molecule has 3 aromatic rings. The van der Waals surface area contributed by atoms with E-state index in [2.05, 4.69) is 68.1 Å². The number of aliphatic carboxylic acids is 1. The number of benzene rings is 2. The van der Waals surface area contributed by atoms with Crippen molar-refractivity contribution in [1.29, 1.82) is 0 Å². The highest BCUT2D eigenvalue weighted by Gasteiger charge is 2.42. The van der Waals surface area contributed by atoms with E-state index in [1.165, 1.54) is 0 Å². The molecule has 35 nitrogen and oxygen atoms in total. The lowest BCUT2D eigenvalue weighted by Gasteiger charge is -2.30. The van der Waals surface area contributed by atoms with Gasteiger partial charge in [0.2, 0.25) is 70.9 Å². The number of nitrogens with two attached hydrogens (primary N) is 6. The zero-order valence-electron chi connectivity index (χ0n) is 52.5. The van der Waals surface area contributed by atoms with Gasteiger partial charge in [-0.3, -0.25) is 72.3 Å². The fourth-order valence-electron chi connectivity index (χ4n) is 10.3. The van der Waals surface area contributed by atoms with Crippen LogP contribution in [0.3, 0.4) is 0 Å². The van der Waals surface area contributed by atoms with Gasteiger partial charge in [0.25, 0.3) is 0 Å². The van der Waals surface area contributed by atoms with Crippen LogP contribution in [0.2, 0.25) is 0 Å². The first-order chi connectivity index (χ1) is 46.3. The third-order valence-electron chi connectivity index (χ3n) is 15.3. The minimum atomic E-state index is -1.95. The number of aromatic nitrogens is 1. The largest absolute Gasteiger partial charge is 0.481 e. The lowest BCUT2D eigenvalue weighted by molar-refractivity contribution is -0.146. The second kappa shape index (κ2) is 38.6. The van der Waals surface area contributed by atoms with E-state index >= 15 is 9.59 Å². The number of H-pyrrole nitrogens is 1. The summed E-state index contributed by atoms with van der Waals surface area (Å²) in [5.74, 6) is -15.8. The van der Waals surface area contributed by atoms with Crippen LogP contribution in [0.15, 0.2) is 70.8 Å². The Morgan fingerprint density at radius 1 is 0.567 bits per heavy atom. The van der Waals surface area contributed by atoms with Crippen molar-refractivity contribution in [2.24, 2.45) is 44.4 Å². The van der Waals surface area contributed by atoms with Crippen LogP contribution in [-0.2, 0) is 75.2 Å². The number of primary amides is 1. The minimum Gasteiger partial charge on any atom is -0.481 e. The molecule has 528 valence electrons. The minimum absolute atomic E-state index is 0.0236. The van der Waals surface area contributed by atoms with Gasteiger partial charge < -0.3 is 108 Å². The zero-order valence-corrected chi connectivity index (χ0v) is 55.8. The summed E-state index contributed by atoms with van der Waals surface area (Å²) in [6, 6.07) is -2.40. The van der Waals surface area contributed by atoms with E-state index in [4.69, 9.17) is 34.4 Å². The van der Waals surface area contributed by atoms with Crippen molar-refractivity contribution < 1.29 is 72.5 Å². The summed E-state index contributed by atoms with van der Waals surface area (Å²) in [5.41, 5.74) is 35.7. The third kappa shape index (κ3) is 24.2. The molecular weight excluding hydrogens is 1350 g/mol. The van der Waals surface area contributed by atoms with Crippen molar-refractivity contribution in [1.82, 2.24) is 63.1 Å².